The van der Waals surface area contributed by atoms with E-state index >= 15 is 0 Å². The number of para-hydroxylation sites is 1. The zero-order valence-corrected chi connectivity index (χ0v) is 13.4. The van der Waals surface area contributed by atoms with Crippen LogP contribution in [0.5, 0.6) is 5.75 Å². The first-order chi connectivity index (χ1) is 10.5. The Balaban J connectivity index is 1.92. The van der Waals surface area contributed by atoms with Gasteiger partial charge in [-0.2, -0.15) is 0 Å². The van der Waals surface area contributed by atoms with Crippen molar-refractivity contribution >= 4 is 5.91 Å². The molecular formula is C19H23NO2. The van der Waals surface area contributed by atoms with Gasteiger partial charge in [0, 0.05) is 5.54 Å². The van der Waals surface area contributed by atoms with Crippen molar-refractivity contribution in [3.63, 3.8) is 0 Å². The van der Waals surface area contributed by atoms with Gasteiger partial charge < -0.3 is 10.1 Å². The molecule has 1 amide bonds. The van der Waals surface area contributed by atoms with E-state index in [9.17, 15) is 4.79 Å². The lowest BCUT2D eigenvalue weighted by atomic mass is 9.94. The molecule has 2 aromatic carbocycles. The van der Waals surface area contributed by atoms with Gasteiger partial charge in [-0.1, -0.05) is 48.5 Å². The highest BCUT2D eigenvalue weighted by Gasteiger charge is 2.24. The van der Waals surface area contributed by atoms with Gasteiger partial charge in [0.1, 0.15) is 5.75 Å². The third kappa shape index (κ3) is 4.92. The maximum absolute atomic E-state index is 12.3. The summed E-state index contributed by atoms with van der Waals surface area (Å²) < 4.78 is 5.66. The zero-order valence-electron chi connectivity index (χ0n) is 13.4. The predicted octanol–water partition coefficient (Wildman–Crippen LogP) is 3.59. The molecule has 0 bridgehead atoms. The number of benzene rings is 2. The van der Waals surface area contributed by atoms with Crippen molar-refractivity contribution in [3.05, 3.63) is 66.2 Å². The van der Waals surface area contributed by atoms with Gasteiger partial charge in [-0.15, -0.1) is 0 Å². The first-order valence-electron chi connectivity index (χ1n) is 7.54. The fourth-order valence-corrected chi connectivity index (χ4v) is 2.34. The number of hydrogen-bond acceptors (Lipinski definition) is 2. The van der Waals surface area contributed by atoms with Crippen LogP contribution in [0.3, 0.4) is 0 Å². The van der Waals surface area contributed by atoms with E-state index in [1.54, 1.807) is 6.92 Å². The highest BCUT2D eigenvalue weighted by molar-refractivity contribution is 5.81. The highest BCUT2D eigenvalue weighted by atomic mass is 16.5. The van der Waals surface area contributed by atoms with Crippen molar-refractivity contribution in [2.24, 2.45) is 0 Å². The summed E-state index contributed by atoms with van der Waals surface area (Å²) in [4.78, 5) is 12.3. The van der Waals surface area contributed by atoms with Crippen LogP contribution < -0.4 is 10.1 Å². The Morgan fingerprint density at radius 3 is 2.18 bits per heavy atom. The van der Waals surface area contributed by atoms with E-state index in [0.717, 1.165) is 6.42 Å². The molecule has 0 aromatic heterocycles. The number of rotatable bonds is 6. The average molecular weight is 297 g/mol. The summed E-state index contributed by atoms with van der Waals surface area (Å²) in [5.74, 6) is 0.593. The second-order valence-corrected chi connectivity index (χ2v) is 6.11. The maximum Gasteiger partial charge on any atom is 0.261 e. The molecule has 0 saturated carbocycles. The molecule has 0 saturated heterocycles. The number of carbonyl (C=O) groups is 1. The second kappa shape index (κ2) is 7.12. The van der Waals surface area contributed by atoms with Crippen LogP contribution in [0.2, 0.25) is 0 Å². The fraction of sp³-hybridized carbons (Fsp3) is 0.316. The summed E-state index contributed by atoms with van der Waals surface area (Å²) in [6, 6.07) is 19.5. The zero-order chi connectivity index (χ0) is 16.0. The van der Waals surface area contributed by atoms with Crippen LogP contribution in [0.1, 0.15) is 26.3 Å². The van der Waals surface area contributed by atoms with Gasteiger partial charge in [-0.05, 0) is 44.9 Å². The Hall–Kier alpha value is -2.29. The van der Waals surface area contributed by atoms with Crippen LogP contribution in [-0.4, -0.2) is 17.6 Å². The standard InChI is InChI=1S/C19H23NO2/c1-15(22-17-12-8-5-9-13-17)18(21)20-19(2,3)14-16-10-6-4-7-11-16/h4-13,15H,14H2,1-3H3,(H,20,21). The molecule has 1 N–H and O–H groups in total. The Morgan fingerprint density at radius 1 is 1.05 bits per heavy atom. The molecule has 0 fully saturated rings. The van der Waals surface area contributed by atoms with Crippen LogP contribution in [0.4, 0.5) is 0 Å². The Bertz CT molecular complexity index is 593. The van der Waals surface area contributed by atoms with Crippen LogP contribution >= 0.6 is 0 Å². The molecule has 1 atom stereocenters. The monoisotopic (exact) mass is 297 g/mol. The molecule has 0 aliphatic rings. The molecule has 22 heavy (non-hydrogen) atoms. The summed E-state index contributed by atoms with van der Waals surface area (Å²) in [6.45, 7) is 5.81. The molecule has 1 unspecified atom stereocenters. The van der Waals surface area contributed by atoms with Crippen LogP contribution in [0, 0.1) is 0 Å². The van der Waals surface area contributed by atoms with Crippen molar-refractivity contribution < 1.29 is 9.53 Å². The molecule has 0 heterocycles. The quantitative estimate of drug-likeness (QED) is 0.885. The molecule has 3 nitrogen and oxygen atoms in total. The van der Waals surface area contributed by atoms with Gasteiger partial charge in [0.25, 0.3) is 5.91 Å². The number of nitrogens with one attached hydrogen (secondary N) is 1. The Kier molecular flexibility index (Phi) is 5.21. The van der Waals surface area contributed by atoms with E-state index in [4.69, 9.17) is 4.74 Å². The van der Waals surface area contributed by atoms with Gasteiger partial charge in [-0.3, -0.25) is 4.79 Å². The van der Waals surface area contributed by atoms with Gasteiger partial charge in [0.2, 0.25) is 0 Å². The fourth-order valence-electron chi connectivity index (χ4n) is 2.34. The lowest BCUT2D eigenvalue weighted by Crippen LogP contribution is -2.49. The predicted molar refractivity (Wildman–Crippen MR) is 88.9 cm³/mol. The van der Waals surface area contributed by atoms with Crippen LogP contribution in [0.15, 0.2) is 60.7 Å². The number of carbonyl (C=O) groups excluding carboxylic acids is 1. The molecule has 0 spiro atoms. The van der Waals surface area contributed by atoms with Crippen molar-refractivity contribution in [3.8, 4) is 5.75 Å². The topological polar surface area (TPSA) is 38.3 Å². The molecular weight excluding hydrogens is 274 g/mol. The van der Waals surface area contributed by atoms with Crippen molar-refractivity contribution in [1.29, 1.82) is 0 Å². The van der Waals surface area contributed by atoms with Gasteiger partial charge in [-0.25, -0.2) is 0 Å². The summed E-state index contributed by atoms with van der Waals surface area (Å²) in [7, 11) is 0. The van der Waals surface area contributed by atoms with Crippen LogP contribution in [0.25, 0.3) is 0 Å². The summed E-state index contributed by atoms with van der Waals surface area (Å²) in [6.07, 6.45) is 0.245. The van der Waals surface area contributed by atoms with E-state index in [1.165, 1.54) is 5.56 Å². The van der Waals surface area contributed by atoms with Gasteiger partial charge >= 0.3 is 0 Å². The lowest BCUT2D eigenvalue weighted by molar-refractivity contribution is -0.128. The number of amides is 1. The smallest absolute Gasteiger partial charge is 0.261 e. The second-order valence-electron chi connectivity index (χ2n) is 6.11. The molecule has 116 valence electrons. The van der Waals surface area contributed by atoms with E-state index in [1.807, 2.05) is 62.4 Å². The van der Waals surface area contributed by atoms with Gasteiger partial charge in [0.05, 0.1) is 0 Å². The third-order valence-corrected chi connectivity index (χ3v) is 3.38. The Morgan fingerprint density at radius 2 is 1.59 bits per heavy atom. The van der Waals surface area contributed by atoms with E-state index in [0.29, 0.717) is 5.75 Å². The van der Waals surface area contributed by atoms with Crippen molar-refractivity contribution in [1.82, 2.24) is 5.32 Å². The van der Waals surface area contributed by atoms with E-state index < -0.39 is 6.10 Å². The van der Waals surface area contributed by atoms with Crippen molar-refractivity contribution in [2.75, 3.05) is 0 Å². The van der Waals surface area contributed by atoms with Gasteiger partial charge in [0.15, 0.2) is 6.10 Å². The SMILES string of the molecule is CC(Oc1ccccc1)C(=O)NC(C)(C)Cc1ccccc1. The summed E-state index contributed by atoms with van der Waals surface area (Å²) in [5.41, 5.74) is 0.872. The molecule has 0 aliphatic carbocycles. The molecule has 2 rings (SSSR count). The number of ether oxygens (including phenoxy) is 1. The minimum atomic E-state index is -0.530. The first kappa shape index (κ1) is 16.1. The van der Waals surface area contributed by atoms with Crippen molar-refractivity contribution in [2.45, 2.75) is 38.8 Å². The summed E-state index contributed by atoms with van der Waals surface area (Å²) in [5, 5.41) is 3.06. The van der Waals surface area contributed by atoms with E-state index in [-0.39, 0.29) is 11.4 Å². The minimum Gasteiger partial charge on any atom is -0.481 e. The van der Waals surface area contributed by atoms with E-state index in [2.05, 4.69) is 17.4 Å². The summed E-state index contributed by atoms with van der Waals surface area (Å²) >= 11 is 0. The lowest BCUT2D eigenvalue weighted by Gasteiger charge is -2.28. The number of hydrogen-bond donors (Lipinski definition) is 1. The maximum atomic E-state index is 12.3. The average Bonchev–Trinajstić information content (AvgIpc) is 2.48. The normalized spacial score (nSPS) is 12.5. The highest BCUT2D eigenvalue weighted by Crippen LogP contribution is 2.14. The Labute approximate surface area is 132 Å². The minimum absolute atomic E-state index is 0.107. The largest absolute Gasteiger partial charge is 0.481 e. The van der Waals surface area contributed by atoms with Crippen LogP contribution in [-0.2, 0) is 11.2 Å². The molecule has 2 aromatic rings. The molecule has 0 radical (unpaired) electrons. The first-order valence-corrected chi connectivity index (χ1v) is 7.54. The third-order valence-electron chi connectivity index (χ3n) is 3.38. The molecule has 3 heteroatoms. The molecule has 0 aliphatic heterocycles.